The first kappa shape index (κ1) is 10.2. The molecule has 78 valence electrons. The van der Waals surface area contributed by atoms with Crippen molar-refractivity contribution in [2.45, 2.75) is 13.3 Å². The molecular weight excluding hydrogens is 208 g/mol. The van der Waals surface area contributed by atoms with Gasteiger partial charge in [-0.25, -0.2) is 8.42 Å². The zero-order chi connectivity index (χ0) is 10.9. The van der Waals surface area contributed by atoms with Crippen LogP contribution in [0.2, 0.25) is 0 Å². The average molecular weight is 220 g/mol. The monoisotopic (exact) mass is 220 g/mol. The van der Waals surface area contributed by atoms with E-state index in [2.05, 4.69) is 0 Å². The molecule has 0 bridgehead atoms. The van der Waals surface area contributed by atoms with E-state index < -0.39 is 9.84 Å². The van der Waals surface area contributed by atoms with Crippen LogP contribution in [0.3, 0.4) is 0 Å². The minimum atomic E-state index is -3.21. The minimum absolute atomic E-state index is 0.425. The summed E-state index contributed by atoms with van der Waals surface area (Å²) in [6.07, 6.45) is 4.10. The molecule has 0 saturated heterocycles. The minimum Gasteiger partial charge on any atom is -0.219 e. The molecular formula is C12H12O2S. The van der Waals surface area contributed by atoms with Gasteiger partial charge in [0.2, 0.25) is 0 Å². The van der Waals surface area contributed by atoms with Crippen LogP contribution in [-0.2, 0) is 9.84 Å². The van der Waals surface area contributed by atoms with E-state index in [0.29, 0.717) is 11.3 Å². The molecule has 0 N–H and O–H groups in total. The van der Waals surface area contributed by atoms with Crippen LogP contribution < -0.4 is 0 Å². The quantitative estimate of drug-likeness (QED) is 0.729. The van der Waals surface area contributed by atoms with E-state index in [1.165, 1.54) is 5.41 Å². The summed E-state index contributed by atoms with van der Waals surface area (Å²) < 4.78 is 23.5. The lowest BCUT2D eigenvalue weighted by molar-refractivity contribution is 0.613. The lowest BCUT2D eigenvalue weighted by Crippen LogP contribution is -2.02. The fourth-order valence-corrected chi connectivity index (χ4v) is 2.92. The number of hydrogen-bond donors (Lipinski definition) is 0. The predicted octanol–water partition coefficient (Wildman–Crippen LogP) is 2.67. The molecule has 1 aromatic rings. The number of rotatable bonds is 1. The SMILES string of the molecule is Cc1cccc(C2=CCC=CS2(=O)=O)c1. The Hall–Kier alpha value is -1.35. The zero-order valence-electron chi connectivity index (χ0n) is 8.47. The molecule has 1 aromatic carbocycles. The van der Waals surface area contributed by atoms with Crippen molar-refractivity contribution in [3.05, 3.63) is 53.0 Å². The van der Waals surface area contributed by atoms with Gasteiger partial charge in [-0.3, -0.25) is 0 Å². The number of hydrogen-bond acceptors (Lipinski definition) is 2. The van der Waals surface area contributed by atoms with Crippen LogP contribution in [0.5, 0.6) is 0 Å². The first-order valence-electron chi connectivity index (χ1n) is 4.78. The Bertz CT molecular complexity index is 536. The molecule has 1 aliphatic heterocycles. The standard InChI is InChI=1S/C12H12O2S/c1-10-5-4-6-11(9-10)12-7-2-3-8-15(12,13)14/h3-9H,2H2,1H3. The van der Waals surface area contributed by atoms with Crippen molar-refractivity contribution >= 4 is 14.7 Å². The molecule has 15 heavy (non-hydrogen) atoms. The summed E-state index contributed by atoms with van der Waals surface area (Å²) in [5, 5.41) is 1.28. The van der Waals surface area contributed by atoms with Crippen LogP contribution in [0.4, 0.5) is 0 Å². The number of aryl methyl sites for hydroxylation is 1. The maximum absolute atomic E-state index is 11.7. The second-order valence-corrected chi connectivity index (χ2v) is 5.39. The van der Waals surface area contributed by atoms with Crippen molar-refractivity contribution in [1.82, 2.24) is 0 Å². The van der Waals surface area contributed by atoms with E-state index in [4.69, 9.17) is 0 Å². The number of sulfone groups is 1. The average Bonchev–Trinajstić information content (AvgIpc) is 2.17. The second-order valence-electron chi connectivity index (χ2n) is 3.59. The Kier molecular flexibility index (Phi) is 2.49. The van der Waals surface area contributed by atoms with Gasteiger partial charge in [0.15, 0.2) is 9.84 Å². The maximum atomic E-state index is 11.7. The van der Waals surface area contributed by atoms with Gasteiger partial charge in [-0.1, -0.05) is 42.0 Å². The normalized spacial score (nSPS) is 18.6. The Labute approximate surface area is 89.9 Å². The van der Waals surface area contributed by atoms with Crippen molar-refractivity contribution in [1.29, 1.82) is 0 Å². The molecule has 2 rings (SSSR count). The lowest BCUT2D eigenvalue weighted by Gasteiger charge is -2.09. The van der Waals surface area contributed by atoms with E-state index >= 15 is 0 Å². The smallest absolute Gasteiger partial charge is 0.199 e. The van der Waals surface area contributed by atoms with Gasteiger partial charge in [0, 0.05) is 5.41 Å². The summed E-state index contributed by atoms with van der Waals surface area (Å²) in [7, 11) is -3.21. The molecule has 0 aromatic heterocycles. The summed E-state index contributed by atoms with van der Waals surface area (Å²) in [6, 6.07) is 7.55. The van der Waals surface area contributed by atoms with E-state index in [-0.39, 0.29) is 0 Å². The fraction of sp³-hybridized carbons (Fsp3) is 0.167. The first-order chi connectivity index (χ1) is 7.09. The highest BCUT2D eigenvalue weighted by atomic mass is 32.2. The Balaban J connectivity index is 2.53. The summed E-state index contributed by atoms with van der Waals surface area (Å²) in [4.78, 5) is 0.425. The lowest BCUT2D eigenvalue weighted by atomic mass is 10.1. The van der Waals surface area contributed by atoms with E-state index in [1.54, 1.807) is 12.2 Å². The van der Waals surface area contributed by atoms with Crippen LogP contribution >= 0.6 is 0 Å². The highest BCUT2D eigenvalue weighted by Gasteiger charge is 2.18. The molecule has 0 saturated carbocycles. The first-order valence-corrected chi connectivity index (χ1v) is 6.33. The molecule has 0 atom stereocenters. The van der Waals surface area contributed by atoms with Crippen LogP contribution in [0.1, 0.15) is 17.5 Å². The fourth-order valence-electron chi connectivity index (χ4n) is 1.63. The van der Waals surface area contributed by atoms with Crippen molar-refractivity contribution in [2.24, 2.45) is 0 Å². The van der Waals surface area contributed by atoms with Crippen molar-refractivity contribution in [2.75, 3.05) is 0 Å². The molecule has 0 radical (unpaired) electrons. The molecule has 0 fully saturated rings. The Morgan fingerprint density at radius 1 is 1.27 bits per heavy atom. The van der Waals surface area contributed by atoms with Crippen LogP contribution in [0, 0.1) is 6.92 Å². The van der Waals surface area contributed by atoms with Gasteiger partial charge in [-0.05, 0) is 18.9 Å². The summed E-state index contributed by atoms with van der Waals surface area (Å²) in [6.45, 7) is 1.95. The second kappa shape index (κ2) is 3.66. The summed E-state index contributed by atoms with van der Waals surface area (Å²) in [5.74, 6) is 0. The Morgan fingerprint density at radius 3 is 2.73 bits per heavy atom. The molecule has 2 nitrogen and oxygen atoms in total. The zero-order valence-corrected chi connectivity index (χ0v) is 9.29. The van der Waals surface area contributed by atoms with E-state index in [0.717, 1.165) is 11.1 Å². The number of benzene rings is 1. The molecule has 0 spiro atoms. The van der Waals surface area contributed by atoms with Gasteiger partial charge >= 0.3 is 0 Å². The topological polar surface area (TPSA) is 34.1 Å². The van der Waals surface area contributed by atoms with Crippen LogP contribution in [0.15, 0.2) is 41.8 Å². The van der Waals surface area contributed by atoms with Crippen molar-refractivity contribution in [3.63, 3.8) is 0 Å². The van der Waals surface area contributed by atoms with Gasteiger partial charge < -0.3 is 0 Å². The van der Waals surface area contributed by atoms with Crippen LogP contribution in [-0.4, -0.2) is 8.42 Å². The van der Waals surface area contributed by atoms with Gasteiger partial charge in [-0.2, -0.15) is 0 Å². The van der Waals surface area contributed by atoms with Gasteiger partial charge in [-0.15, -0.1) is 0 Å². The molecule has 1 aliphatic rings. The third-order valence-electron chi connectivity index (χ3n) is 2.32. The molecule has 0 amide bonds. The van der Waals surface area contributed by atoms with Gasteiger partial charge in [0.05, 0.1) is 4.91 Å². The van der Waals surface area contributed by atoms with Crippen LogP contribution in [0.25, 0.3) is 4.91 Å². The van der Waals surface area contributed by atoms with Gasteiger partial charge in [0.1, 0.15) is 0 Å². The predicted molar refractivity (Wildman–Crippen MR) is 61.8 cm³/mol. The third-order valence-corrected chi connectivity index (χ3v) is 3.89. The summed E-state index contributed by atoms with van der Waals surface area (Å²) in [5.41, 5.74) is 1.84. The van der Waals surface area contributed by atoms with Crippen molar-refractivity contribution in [3.8, 4) is 0 Å². The molecule has 1 heterocycles. The Morgan fingerprint density at radius 2 is 2.07 bits per heavy atom. The highest BCUT2D eigenvalue weighted by Crippen LogP contribution is 2.26. The molecule has 0 aliphatic carbocycles. The largest absolute Gasteiger partial charge is 0.219 e. The van der Waals surface area contributed by atoms with Gasteiger partial charge in [0.25, 0.3) is 0 Å². The molecule has 3 heteroatoms. The van der Waals surface area contributed by atoms with E-state index in [9.17, 15) is 8.42 Å². The van der Waals surface area contributed by atoms with E-state index in [1.807, 2.05) is 31.2 Å². The highest BCUT2D eigenvalue weighted by molar-refractivity contribution is 8.03. The number of allylic oxidation sites excluding steroid dienone is 2. The molecule has 0 unspecified atom stereocenters. The van der Waals surface area contributed by atoms with Crippen molar-refractivity contribution < 1.29 is 8.42 Å². The maximum Gasteiger partial charge on any atom is 0.199 e. The third kappa shape index (κ3) is 2.02. The summed E-state index contributed by atoms with van der Waals surface area (Å²) >= 11 is 0.